The molecule has 1 heterocycles. The SMILES string of the molecule is C1=C(Oc2ccc(CN=C3NC4=CCCCC4=NC34CCCCC4)cc2)CCCC1. The highest BCUT2D eigenvalue weighted by Crippen LogP contribution is 2.37. The van der Waals surface area contributed by atoms with E-state index in [9.17, 15) is 0 Å². The summed E-state index contributed by atoms with van der Waals surface area (Å²) in [4.78, 5) is 10.4. The van der Waals surface area contributed by atoms with Crippen LogP contribution in [0.15, 0.2) is 57.9 Å². The van der Waals surface area contributed by atoms with Gasteiger partial charge >= 0.3 is 0 Å². The molecule has 5 rings (SSSR count). The van der Waals surface area contributed by atoms with E-state index in [0.29, 0.717) is 6.54 Å². The highest BCUT2D eigenvalue weighted by atomic mass is 16.5. The van der Waals surface area contributed by atoms with Crippen molar-refractivity contribution in [1.82, 2.24) is 5.32 Å². The number of benzene rings is 1. The van der Waals surface area contributed by atoms with Crippen LogP contribution >= 0.6 is 0 Å². The molecule has 4 heteroatoms. The van der Waals surface area contributed by atoms with Crippen molar-refractivity contribution >= 4 is 11.5 Å². The lowest BCUT2D eigenvalue weighted by molar-refractivity contribution is 0.372. The predicted octanol–water partition coefficient (Wildman–Crippen LogP) is 6.24. The Morgan fingerprint density at radius 2 is 1.73 bits per heavy atom. The van der Waals surface area contributed by atoms with Crippen molar-refractivity contribution in [3.63, 3.8) is 0 Å². The van der Waals surface area contributed by atoms with Gasteiger partial charge in [0.25, 0.3) is 0 Å². The van der Waals surface area contributed by atoms with Crippen LogP contribution in [0.3, 0.4) is 0 Å². The molecule has 1 aliphatic heterocycles. The standard InChI is InChI=1S/C26H33N3O/c1-3-9-21(10-4-1)30-22-15-13-20(14-16-22)19-27-25-26(17-7-2-8-18-26)29-24-12-6-5-11-23(24)28-25/h9,11,13-16H,1-8,10,12,17-19H2,(H,27,28). The summed E-state index contributed by atoms with van der Waals surface area (Å²) in [5.74, 6) is 3.14. The molecule has 4 nitrogen and oxygen atoms in total. The molecule has 1 fully saturated rings. The van der Waals surface area contributed by atoms with E-state index in [4.69, 9.17) is 14.7 Å². The van der Waals surface area contributed by atoms with Crippen LogP contribution in [0.5, 0.6) is 5.75 Å². The summed E-state index contributed by atoms with van der Waals surface area (Å²) < 4.78 is 6.04. The van der Waals surface area contributed by atoms with E-state index in [1.54, 1.807) is 0 Å². The average molecular weight is 404 g/mol. The molecule has 0 unspecified atom stereocenters. The Labute approximate surface area is 180 Å². The minimum absolute atomic E-state index is 0.112. The highest BCUT2D eigenvalue weighted by molar-refractivity contribution is 6.10. The van der Waals surface area contributed by atoms with Gasteiger partial charge in [-0.15, -0.1) is 0 Å². The zero-order valence-electron chi connectivity index (χ0n) is 18.0. The third-order valence-electron chi connectivity index (χ3n) is 6.84. The molecule has 0 bridgehead atoms. The van der Waals surface area contributed by atoms with Gasteiger partial charge in [0.15, 0.2) is 0 Å². The van der Waals surface area contributed by atoms with Crippen LogP contribution in [0.1, 0.15) is 82.6 Å². The van der Waals surface area contributed by atoms with Gasteiger partial charge in [0, 0.05) is 6.42 Å². The van der Waals surface area contributed by atoms with Gasteiger partial charge in [-0.25, -0.2) is 0 Å². The minimum atomic E-state index is -0.112. The number of allylic oxidation sites excluding steroid dienone is 4. The van der Waals surface area contributed by atoms with Gasteiger partial charge in [0.2, 0.25) is 0 Å². The van der Waals surface area contributed by atoms with E-state index in [-0.39, 0.29) is 5.54 Å². The third kappa shape index (κ3) is 4.23. The summed E-state index contributed by atoms with van der Waals surface area (Å²) >= 11 is 0. The second-order valence-corrected chi connectivity index (χ2v) is 9.11. The van der Waals surface area contributed by atoms with Crippen LogP contribution in [-0.4, -0.2) is 17.1 Å². The third-order valence-corrected chi connectivity index (χ3v) is 6.84. The molecule has 1 N–H and O–H groups in total. The Morgan fingerprint density at radius 3 is 2.53 bits per heavy atom. The molecule has 1 aromatic carbocycles. The van der Waals surface area contributed by atoms with Crippen molar-refractivity contribution in [2.75, 3.05) is 0 Å². The van der Waals surface area contributed by atoms with Crippen molar-refractivity contribution in [2.45, 2.75) is 89.1 Å². The number of fused-ring (bicyclic) bond motifs is 1. The fraction of sp³-hybridized carbons (Fsp3) is 0.538. The molecule has 0 saturated heterocycles. The topological polar surface area (TPSA) is 46.0 Å². The van der Waals surface area contributed by atoms with Gasteiger partial charge in [-0.3, -0.25) is 9.98 Å². The number of hydrogen-bond acceptors (Lipinski definition) is 3. The smallest absolute Gasteiger partial charge is 0.129 e. The number of nitrogens with one attached hydrogen (secondary N) is 1. The molecule has 0 aromatic heterocycles. The summed E-state index contributed by atoms with van der Waals surface area (Å²) in [5, 5.41) is 3.70. The number of amidine groups is 1. The number of aliphatic imine (C=N–C) groups is 2. The fourth-order valence-electron chi connectivity index (χ4n) is 5.12. The monoisotopic (exact) mass is 403 g/mol. The summed E-state index contributed by atoms with van der Waals surface area (Å²) in [6, 6.07) is 8.45. The molecule has 30 heavy (non-hydrogen) atoms. The first-order chi connectivity index (χ1) is 14.8. The van der Waals surface area contributed by atoms with Crippen molar-refractivity contribution in [3.05, 3.63) is 53.4 Å². The van der Waals surface area contributed by atoms with Crippen LogP contribution in [0.2, 0.25) is 0 Å². The highest BCUT2D eigenvalue weighted by Gasteiger charge is 2.41. The van der Waals surface area contributed by atoms with E-state index >= 15 is 0 Å². The molecule has 1 saturated carbocycles. The summed E-state index contributed by atoms with van der Waals surface area (Å²) in [6.45, 7) is 0.686. The molecule has 0 radical (unpaired) electrons. The second kappa shape index (κ2) is 8.79. The number of rotatable bonds is 4. The van der Waals surface area contributed by atoms with Crippen LogP contribution in [-0.2, 0) is 6.54 Å². The van der Waals surface area contributed by atoms with Crippen molar-refractivity contribution in [2.24, 2.45) is 9.98 Å². The van der Waals surface area contributed by atoms with Gasteiger partial charge in [-0.2, -0.15) is 0 Å². The number of hydrogen-bond donors (Lipinski definition) is 1. The number of nitrogens with zero attached hydrogens (tertiary/aromatic N) is 2. The first-order valence-electron chi connectivity index (χ1n) is 11.9. The Kier molecular flexibility index (Phi) is 5.74. The molecule has 3 aliphatic carbocycles. The second-order valence-electron chi connectivity index (χ2n) is 9.11. The van der Waals surface area contributed by atoms with Crippen molar-refractivity contribution in [3.8, 4) is 5.75 Å². The Morgan fingerprint density at radius 1 is 0.900 bits per heavy atom. The van der Waals surface area contributed by atoms with E-state index < -0.39 is 0 Å². The molecule has 1 aromatic rings. The van der Waals surface area contributed by atoms with E-state index in [0.717, 1.165) is 55.9 Å². The van der Waals surface area contributed by atoms with Gasteiger partial charge in [0.05, 0.1) is 18.0 Å². The van der Waals surface area contributed by atoms with E-state index in [1.165, 1.54) is 55.5 Å². The first kappa shape index (κ1) is 19.6. The lowest BCUT2D eigenvalue weighted by Crippen LogP contribution is -2.52. The quantitative estimate of drug-likeness (QED) is 0.647. The van der Waals surface area contributed by atoms with Crippen molar-refractivity contribution in [1.29, 1.82) is 0 Å². The molecule has 1 spiro atoms. The van der Waals surface area contributed by atoms with Crippen LogP contribution < -0.4 is 10.1 Å². The normalized spacial score (nSPS) is 24.4. The van der Waals surface area contributed by atoms with Gasteiger partial charge in [-0.05, 0) is 75.1 Å². The molecule has 4 aliphatic rings. The van der Waals surface area contributed by atoms with Gasteiger partial charge in [0.1, 0.15) is 22.9 Å². The van der Waals surface area contributed by atoms with Gasteiger partial charge < -0.3 is 10.1 Å². The minimum Gasteiger partial charge on any atom is -0.462 e. The van der Waals surface area contributed by atoms with E-state index in [1.807, 2.05) is 0 Å². The Hall–Kier alpha value is -2.36. The molecule has 158 valence electrons. The number of ether oxygens (including phenoxy) is 1. The van der Waals surface area contributed by atoms with Crippen LogP contribution in [0.25, 0.3) is 0 Å². The molecule has 0 amide bonds. The zero-order chi connectivity index (χ0) is 20.2. The molecular formula is C26H33N3O. The zero-order valence-corrected chi connectivity index (χ0v) is 18.0. The van der Waals surface area contributed by atoms with Crippen LogP contribution in [0.4, 0.5) is 0 Å². The maximum Gasteiger partial charge on any atom is 0.129 e. The maximum absolute atomic E-state index is 6.04. The van der Waals surface area contributed by atoms with E-state index in [2.05, 4.69) is 41.7 Å². The lowest BCUT2D eigenvalue weighted by Gasteiger charge is -2.40. The first-order valence-corrected chi connectivity index (χ1v) is 11.9. The van der Waals surface area contributed by atoms with Gasteiger partial charge in [-0.1, -0.05) is 37.5 Å². The lowest BCUT2D eigenvalue weighted by atomic mass is 9.79. The largest absolute Gasteiger partial charge is 0.462 e. The summed E-state index contributed by atoms with van der Waals surface area (Å²) in [7, 11) is 0. The van der Waals surface area contributed by atoms with Crippen molar-refractivity contribution < 1.29 is 4.74 Å². The van der Waals surface area contributed by atoms with Crippen LogP contribution in [0, 0.1) is 0 Å². The Balaban J connectivity index is 1.32. The predicted molar refractivity (Wildman–Crippen MR) is 123 cm³/mol. The maximum atomic E-state index is 6.04. The molecule has 0 atom stereocenters. The fourth-order valence-corrected chi connectivity index (χ4v) is 5.12. The Bertz CT molecular complexity index is 885. The average Bonchev–Trinajstić information content (AvgIpc) is 2.80. The summed E-state index contributed by atoms with van der Waals surface area (Å²) in [5.41, 5.74) is 3.59. The summed E-state index contributed by atoms with van der Waals surface area (Å²) in [6.07, 6.45) is 18.8. The molecular weight excluding hydrogens is 370 g/mol.